The van der Waals surface area contributed by atoms with Crippen molar-refractivity contribution < 1.29 is 4.79 Å². The van der Waals surface area contributed by atoms with Crippen LogP contribution in [-0.2, 0) is 0 Å². The molecule has 0 fully saturated rings. The average molecular weight is 345 g/mol. The molecule has 2 aromatic rings. The van der Waals surface area contributed by atoms with Crippen LogP contribution in [0.5, 0.6) is 0 Å². The molecule has 1 aromatic heterocycles. The van der Waals surface area contributed by atoms with Crippen molar-refractivity contribution >= 4 is 40.1 Å². The van der Waals surface area contributed by atoms with Crippen LogP contribution >= 0.6 is 34.4 Å². The molecule has 0 bridgehead atoms. The summed E-state index contributed by atoms with van der Waals surface area (Å²) >= 11 is 3.56. The Balaban J connectivity index is 1.95. The summed E-state index contributed by atoms with van der Waals surface area (Å²) in [5, 5.41) is 7.08. The Morgan fingerprint density at radius 3 is 2.75 bits per heavy atom. The molecule has 1 heterocycles. The summed E-state index contributed by atoms with van der Waals surface area (Å²) in [6.07, 6.45) is 1.43. The summed E-state index contributed by atoms with van der Waals surface area (Å²) in [5.74, 6) is 0.466. The van der Waals surface area contributed by atoms with Crippen LogP contribution in [0.15, 0.2) is 35.7 Å². The molecule has 0 atom stereocenters. The van der Waals surface area contributed by atoms with Gasteiger partial charge in [-0.05, 0) is 34.7 Å². The molecular weight excluding hydrogens is 337 g/mol. The molecular formula is C10H8IN3OS. The number of nitrogens with zero attached hydrogens (tertiary/aromatic N) is 2. The number of thioether (sulfide) groups is 1. The maximum Gasteiger partial charge on any atom is 0.183 e. The smallest absolute Gasteiger partial charge is 0.183 e. The van der Waals surface area contributed by atoms with Crippen molar-refractivity contribution in [1.82, 2.24) is 15.2 Å². The number of carbonyl (C=O) groups is 1. The molecule has 0 spiro atoms. The minimum Gasteiger partial charge on any atom is -0.293 e. The van der Waals surface area contributed by atoms with Crippen LogP contribution in [0, 0.1) is 3.57 Å². The number of ketones is 1. The van der Waals surface area contributed by atoms with Crippen LogP contribution < -0.4 is 0 Å². The van der Waals surface area contributed by atoms with Crippen LogP contribution in [0.25, 0.3) is 0 Å². The summed E-state index contributed by atoms with van der Waals surface area (Å²) in [7, 11) is 0. The zero-order valence-corrected chi connectivity index (χ0v) is 11.2. The number of carbonyl (C=O) groups excluding carboxylic acids is 1. The standard InChI is InChI=1S/C10H8IN3OS/c11-8-3-1-7(2-4-8)9(15)5-16-10-12-6-13-14-10/h1-4,6H,5H2,(H,12,13,14). The van der Waals surface area contributed by atoms with Crippen molar-refractivity contribution in [1.29, 1.82) is 0 Å². The third-order valence-electron chi connectivity index (χ3n) is 1.90. The minimum absolute atomic E-state index is 0.0952. The highest BCUT2D eigenvalue weighted by Gasteiger charge is 2.07. The van der Waals surface area contributed by atoms with Crippen molar-refractivity contribution in [3.05, 3.63) is 39.7 Å². The molecule has 16 heavy (non-hydrogen) atoms. The van der Waals surface area contributed by atoms with Crippen molar-refractivity contribution in [3.8, 4) is 0 Å². The molecule has 0 saturated carbocycles. The fourth-order valence-corrected chi connectivity index (χ4v) is 2.15. The van der Waals surface area contributed by atoms with Crippen LogP contribution in [0.2, 0.25) is 0 Å². The lowest BCUT2D eigenvalue weighted by Crippen LogP contribution is -2.02. The summed E-state index contributed by atoms with van der Waals surface area (Å²) in [5.41, 5.74) is 0.729. The number of benzene rings is 1. The molecule has 1 N–H and O–H groups in total. The first-order chi connectivity index (χ1) is 7.75. The van der Waals surface area contributed by atoms with Gasteiger partial charge in [0.1, 0.15) is 6.33 Å². The molecule has 0 aliphatic rings. The minimum atomic E-state index is 0.0952. The first kappa shape index (κ1) is 11.6. The van der Waals surface area contributed by atoms with Gasteiger partial charge in [0.25, 0.3) is 0 Å². The highest BCUT2D eigenvalue weighted by molar-refractivity contribution is 14.1. The maximum absolute atomic E-state index is 11.8. The normalized spacial score (nSPS) is 10.3. The second-order valence-corrected chi connectivity index (χ2v) is 5.22. The van der Waals surface area contributed by atoms with E-state index in [4.69, 9.17) is 0 Å². The number of rotatable bonds is 4. The monoisotopic (exact) mass is 345 g/mol. The van der Waals surface area contributed by atoms with Gasteiger partial charge in [-0.15, -0.1) is 0 Å². The summed E-state index contributed by atoms with van der Waals surface area (Å²) < 4.78 is 1.12. The third-order valence-corrected chi connectivity index (χ3v) is 3.49. The Kier molecular flexibility index (Phi) is 3.94. The lowest BCUT2D eigenvalue weighted by molar-refractivity contribution is 0.102. The first-order valence-corrected chi connectivity index (χ1v) is 6.59. The molecule has 4 nitrogen and oxygen atoms in total. The van der Waals surface area contributed by atoms with Crippen molar-refractivity contribution in [2.75, 3.05) is 5.75 Å². The molecule has 2 rings (SSSR count). The van der Waals surface area contributed by atoms with E-state index in [1.54, 1.807) is 0 Å². The quantitative estimate of drug-likeness (QED) is 0.525. The molecule has 0 amide bonds. The number of aromatic nitrogens is 3. The van der Waals surface area contributed by atoms with Gasteiger partial charge in [0.05, 0.1) is 5.75 Å². The molecule has 6 heteroatoms. The Labute approximate surface area is 110 Å². The number of nitrogens with one attached hydrogen (secondary N) is 1. The first-order valence-electron chi connectivity index (χ1n) is 4.52. The number of aromatic amines is 1. The topological polar surface area (TPSA) is 58.6 Å². The van der Waals surface area contributed by atoms with E-state index in [0.29, 0.717) is 10.9 Å². The average Bonchev–Trinajstić information content (AvgIpc) is 2.80. The lowest BCUT2D eigenvalue weighted by Gasteiger charge is -1.99. The fraction of sp³-hybridized carbons (Fsp3) is 0.100. The predicted octanol–water partition coefficient (Wildman–Crippen LogP) is 2.38. The van der Waals surface area contributed by atoms with E-state index < -0.39 is 0 Å². The second kappa shape index (κ2) is 5.44. The number of halogens is 1. The summed E-state index contributed by atoms with van der Waals surface area (Å²) in [6, 6.07) is 7.52. The largest absolute Gasteiger partial charge is 0.293 e. The van der Waals surface area contributed by atoms with Crippen LogP contribution in [0.4, 0.5) is 0 Å². The van der Waals surface area contributed by atoms with E-state index >= 15 is 0 Å². The number of H-pyrrole nitrogens is 1. The van der Waals surface area contributed by atoms with E-state index in [0.717, 1.165) is 9.13 Å². The van der Waals surface area contributed by atoms with Gasteiger partial charge in [-0.25, -0.2) is 4.98 Å². The Morgan fingerprint density at radius 1 is 1.38 bits per heavy atom. The zero-order chi connectivity index (χ0) is 11.4. The van der Waals surface area contributed by atoms with Crippen molar-refractivity contribution in [2.24, 2.45) is 0 Å². The van der Waals surface area contributed by atoms with E-state index in [1.807, 2.05) is 24.3 Å². The molecule has 1 aromatic carbocycles. The van der Waals surface area contributed by atoms with Gasteiger partial charge >= 0.3 is 0 Å². The highest BCUT2D eigenvalue weighted by atomic mass is 127. The van der Waals surface area contributed by atoms with Crippen LogP contribution in [0.3, 0.4) is 0 Å². The fourth-order valence-electron chi connectivity index (χ4n) is 1.12. The van der Waals surface area contributed by atoms with Gasteiger partial charge in [-0.2, -0.15) is 5.10 Å². The molecule has 0 aliphatic carbocycles. The number of hydrogen-bond acceptors (Lipinski definition) is 4. The molecule has 82 valence electrons. The molecule has 0 unspecified atom stereocenters. The van der Waals surface area contributed by atoms with Gasteiger partial charge in [-0.3, -0.25) is 9.89 Å². The molecule has 0 radical (unpaired) electrons. The maximum atomic E-state index is 11.8. The van der Waals surface area contributed by atoms with Gasteiger partial charge in [0, 0.05) is 9.13 Å². The Hall–Kier alpha value is -0.890. The van der Waals surface area contributed by atoms with Gasteiger partial charge in [0.2, 0.25) is 0 Å². The van der Waals surface area contributed by atoms with E-state index in [9.17, 15) is 4.79 Å². The summed E-state index contributed by atoms with van der Waals surface area (Å²) in [4.78, 5) is 15.7. The van der Waals surface area contributed by atoms with E-state index in [1.165, 1.54) is 18.1 Å². The van der Waals surface area contributed by atoms with Gasteiger partial charge in [0.15, 0.2) is 10.9 Å². The highest BCUT2D eigenvalue weighted by Crippen LogP contribution is 2.14. The van der Waals surface area contributed by atoms with Gasteiger partial charge in [-0.1, -0.05) is 23.9 Å². The SMILES string of the molecule is O=C(CSc1ncn[nH]1)c1ccc(I)cc1. The third kappa shape index (κ3) is 3.05. The molecule has 0 aliphatic heterocycles. The lowest BCUT2D eigenvalue weighted by atomic mass is 10.2. The van der Waals surface area contributed by atoms with E-state index in [-0.39, 0.29) is 5.78 Å². The van der Waals surface area contributed by atoms with Crippen LogP contribution in [0.1, 0.15) is 10.4 Å². The predicted molar refractivity (Wildman–Crippen MR) is 70.6 cm³/mol. The summed E-state index contributed by atoms with van der Waals surface area (Å²) in [6.45, 7) is 0. The van der Waals surface area contributed by atoms with Crippen molar-refractivity contribution in [3.63, 3.8) is 0 Å². The van der Waals surface area contributed by atoms with Crippen LogP contribution in [-0.4, -0.2) is 26.7 Å². The number of Topliss-reactive ketones (excluding diaryl/α,β-unsaturated/α-hetero) is 1. The molecule has 0 saturated heterocycles. The van der Waals surface area contributed by atoms with Crippen molar-refractivity contribution in [2.45, 2.75) is 5.16 Å². The zero-order valence-electron chi connectivity index (χ0n) is 8.18. The Bertz CT molecular complexity index is 469. The van der Waals surface area contributed by atoms with Gasteiger partial charge < -0.3 is 0 Å². The number of hydrogen-bond donors (Lipinski definition) is 1. The Morgan fingerprint density at radius 2 is 2.12 bits per heavy atom. The second-order valence-electron chi connectivity index (χ2n) is 3.01. The van der Waals surface area contributed by atoms with E-state index in [2.05, 4.69) is 37.8 Å².